The van der Waals surface area contributed by atoms with E-state index in [1.165, 1.54) is 0 Å². The van der Waals surface area contributed by atoms with E-state index in [0.717, 1.165) is 12.0 Å². The van der Waals surface area contributed by atoms with Gasteiger partial charge in [0.15, 0.2) is 6.61 Å². The van der Waals surface area contributed by atoms with Crippen molar-refractivity contribution in [3.8, 4) is 5.75 Å². The van der Waals surface area contributed by atoms with Crippen molar-refractivity contribution in [1.29, 1.82) is 0 Å². The molecule has 0 heterocycles. The van der Waals surface area contributed by atoms with Gasteiger partial charge >= 0.3 is 0 Å². The summed E-state index contributed by atoms with van der Waals surface area (Å²) in [6.07, 6.45) is 0.792. The Bertz CT molecular complexity index is 787. The monoisotopic (exact) mass is 388 g/mol. The van der Waals surface area contributed by atoms with Crippen LogP contribution in [0.1, 0.15) is 36.7 Å². The minimum absolute atomic E-state index is 0.0179. The van der Waals surface area contributed by atoms with Gasteiger partial charge in [-0.15, -0.1) is 0 Å². The Morgan fingerprint density at radius 3 is 2.30 bits per heavy atom. The maximum atomic E-state index is 12.3. The molecule has 5 nitrogen and oxygen atoms in total. The van der Waals surface area contributed by atoms with Crippen molar-refractivity contribution in [2.24, 2.45) is 0 Å². The zero-order valence-corrected chi connectivity index (χ0v) is 16.7. The van der Waals surface area contributed by atoms with Crippen LogP contribution in [0.15, 0.2) is 42.5 Å². The lowest BCUT2D eigenvalue weighted by atomic mass is 10.1. The van der Waals surface area contributed by atoms with E-state index < -0.39 is 0 Å². The van der Waals surface area contributed by atoms with Gasteiger partial charge in [0.1, 0.15) is 5.75 Å². The largest absolute Gasteiger partial charge is 0.484 e. The number of benzene rings is 2. The number of ether oxygens (including phenoxy) is 1. The molecule has 0 radical (unpaired) electrons. The number of nitrogens with one attached hydrogen (secondary N) is 1. The molecule has 0 aliphatic rings. The Labute approximate surface area is 165 Å². The molecule has 0 bridgehead atoms. The van der Waals surface area contributed by atoms with Gasteiger partial charge in [-0.05, 0) is 68.3 Å². The van der Waals surface area contributed by atoms with E-state index >= 15 is 0 Å². The van der Waals surface area contributed by atoms with Crippen LogP contribution >= 0.6 is 11.6 Å². The summed E-state index contributed by atoms with van der Waals surface area (Å²) in [5.41, 5.74) is 2.19. The summed E-state index contributed by atoms with van der Waals surface area (Å²) in [7, 11) is 0. The lowest BCUT2D eigenvalue weighted by molar-refractivity contribution is -0.118. The molecule has 0 aliphatic heterocycles. The van der Waals surface area contributed by atoms with Crippen LogP contribution in [0.25, 0.3) is 0 Å². The van der Waals surface area contributed by atoms with Crippen molar-refractivity contribution < 1.29 is 14.3 Å². The summed E-state index contributed by atoms with van der Waals surface area (Å²) in [5, 5.41) is 3.45. The number of hydrogen-bond donors (Lipinski definition) is 1. The second-order valence-electron chi connectivity index (χ2n) is 6.00. The van der Waals surface area contributed by atoms with Crippen LogP contribution in [0.2, 0.25) is 5.02 Å². The summed E-state index contributed by atoms with van der Waals surface area (Å²) in [6, 6.07) is 12.2. The van der Waals surface area contributed by atoms with Gasteiger partial charge in [-0.25, -0.2) is 0 Å². The lowest BCUT2D eigenvalue weighted by Gasteiger charge is -2.18. The molecule has 2 rings (SSSR count). The predicted molar refractivity (Wildman–Crippen MR) is 109 cm³/mol. The topological polar surface area (TPSA) is 58.6 Å². The molecule has 0 saturated heterocycles. The molecular weight excluding hydrogens is 364 g/mol. The van der Waals surface area contributed by atoms with Crippen LogP contribution < -0.4 is 10.1 Å². The molecule has 0 unspecified atom stereocenters. The quantitative estimate of drug-likeness (QED) is 0.729. The molecule has 0 fully saturated rings. The average molecular weight is 389 g/mol. The maximum absolute atomic E-state index is 12.3. The Morgan fingerprint density at radius 2 is 1.70 bits per heavy atom. The SMILES string of the molecule is CCc1cc(OCC(=O)Nc2ccc(C(=O)N(CC)CC)cc2)ccc1Cl. The molecule has 27 heavy (non-hydrogen) atoms. The third kappa shape index (κ3) is 5.73. The van der Waals surface area contributed by atoms with Gasteiger partial charge in [-0.3, -0.25) is 9.59 Å². The van der Waals surface area contributed by atoms with Crippen molar-refractivity contribution >= 4 is 29.1 Å². The zero-order valence-electron chi connectivity index (χ0n) is 15.9. The maximum Gasteiger partial charge on any atom is 0.262 e. The molecule has 144 valence electrons. The third-order valence-corrected chi connectivity index (χ3v) is 4.60. The molecule has 0 aliphatic carbocycles. The molecular formula is C21H25ClN2O3. The highest BCUT2D eigenvalue weighted by Crippen LogP contribution is 2.22. The van der Waals surface area contributed by atoms with E-state index in [9.17, 15) is 9.59 Å². The summed E-state index contributed by atoms with van der Waals surface area (Å²) in [5.74, 6) is 0.313. The second kappa shape index (κ2) is 9.97. The number of carbonyl (C=O) groups is 2. The zero-order chi connectivity index (χ0) is 19.8. The van der Waals surface area contributed by atoms with E-state index in [0.29, 0.717) is 35.1 Å². The number of rotatable bonds is 8. The van der Waals surface area contributed by atoms with E-state index in [2.05, 4.69) is 5.32 Å². The Balaban J connectivity index is 1.91. The van der Waals surface area contributed by atoms with E-state index in [1.807, 2.05) is 26.8 Å². The number of amides is 2. The molecule has 0 spiro atoms. The first kappa shape index (κ1) is 20.8. The van der Waals surface area contributed by atoms with Crippen molar-refractivity contribution in [2.45, 2.75) is 27.2 Å². The van der Waals surface area contributed by atoms with Crippen LogP contribution in [0.4, 0.5) is 5.69 Å². The van der Waals surface area contributed by atoms with Crippen molar-refractivity contribution in [1.82, 2.24) is 4.90 Å². The number of hydrogen-bond acceptors (Lipinski definition) is 3. The lowest BCUT2D eigenvalue weighted by Crippen LogP contribution is -2.30. The van der Waals surface area contributed by atoms with Crippen LogP contribution in [0, 0.1) is 0 Å². The molecule has 0 saturated carbocycles. The normalized spacial score (nSPS) is 10.4. The molecule has 1 N–H and O–H groups in total. The molecule has 0 aromatic heterocycles. The number of aryl methyl sites for hydroxylation is 1. The summed E-state index contributed by atoms with van der Waals surface area (Å²) >= 11 is 6.08. The van der Waals surface area contributed by atoms with Gasteiger partial charge in [0.25, 0.3) is 11.8 Å². The van der Waals surface area contributed by atoms with Gasteiger partial charge in [0, 0.05) is 29.4 Å². The smallest absolute Gasteiger partial charge is 0.262 e. The first-order valence-electron chi connectivity index (χ1n) is 9.08. The molecule has 2 aromatic carbocycles. The van der Waals surface area contributed by atoms with Crippen molar-refractivity contribution in [3.05, 3.63) is 58.6 Å². The highest BCUT2D eigenvalue weighted by Gasteiger charge is 2.12. The standard InChI is InChI=1S/C21H25ClN2O3/c1-4-15-13-18(11-12-19(15)22)27-14-20(25)23-17-9-7-16(8-10-17)21(26)24(5-2)6-3/h7-13H,4-6,14H2,1-3H3,(H,23,25). The second-order valence-corrected chi connectivity index (χ2v) is 6.41. The molecule has 2 amide bonds. The Hall–Kier alpha value is -2.53. The van der Waals surface area contributed by atoms with Crippen molar-refractivity contribution in [3.63, 3.8) is 0 Å². The molecule has 2 aromatic rings. The van der Waals surface area contributed by atoms with Gasteiger partial charge in [0.05, 0.1) is 0 Å². The van der Waals surface area contributed by atoms with E-state index in [1.54, 1.807) is 41.3 Å². The molecule has 0 atom stereocenters. The molecule has 6 heteroatoms. The van der Waals surface area contributed by atoms with Gasteiger partial charge in [-0.1, -0.05) is 18.5 Å². The number of halogens is 1. The van der Waals surface area contributed by atoms with Gasteiger partial charge in [-0.2, -0.15) is 0 Å². The fourth-order valence-electron chi connectivity index (χ4n) is 2.65. The number of carbonyl (C=O) groups excluding carboxylic acids is 2. The minimum Gasteiger partial charge on any atom is -0.484 e. The fraction of sp³-hybridized carbons (Fsp3) is 0.333. The number of anilines is 1. The van der Waals surface area contributed by atoms with E-state index in [-0.39, 0.29) is 18.4 Å². The van der Waals surface area contributed by atoms with Gasteiger partial charge in [0.2, 0.25) is 0 Å². The minimum atomic E-state index is -0.272. The van der Waals surface area contributed by atoms with E-state index in [4.69, 9.17) is 16.3 Å². The van der Waals surface area contributed by atoms with Crippen LogP contribution in [-0.4, -0.2) is 36.4 Å². The van der Waals surface area contributed by atoms with Crippen molar-refractivity contribution in [2.75, 3.05) is 25.0 Å². The average Bonchev–Trinajstić information content (AvgIpc) is 2.68. The fourth-order valence-corrected chi connectivity index (χ4v) is 2.90. The first-order valence-corrected chi connectivity index (χ1v) is 9.46. The van der Waals surface area contributed by atoms with Crippen LogP contribution in [-0.2, 0) is 11.2 Å². The third-order valence-electron chi connectivity index (χ3n) is 4.23. The van der Waals surface area contributed by atoms with Crippen LogP contribution in [0.5, 0.6) is 5.75 Å². The number of nitrogens with zero attached hydrogens (tertiary/aromatic N) is 1. The highest BCUT2D eigenvalue weighted by molar-refractivity contribution is 6.31. The van der Waals surface area contributed by atoms with Crippen LogP contribution in [0.3, 0.4) is 0 Å². The summed E-state index contributed by atoms with van der Waals surface area (Å²) in [4.78, 5) is 26.1. The Morgan fingerprint density at radius 1 is 1.04 bits per heavy atom. The first-order chi connectivity index (χ1) is 13.0. The Kier molecular flexibility index (Phi) is 7.67. The predicted octanol–water partition coefficient (Wildman–Crippen LogP) is 4.40. The van der Waals surface area contributed by atoms with Gasteiger partial charge < -0.3 is 15.0 Å². The highest BCUT2D eigenvalue weighted by atomic mass is 35.5. The summed E-state index contributed by atoms with van der Waals surface area (Å²) < 4.78 is 5.53. The summed E-state index contributed by atoms with van der Waals surface area (Å²) in [6.45, 7) is 7.11.